The molecule has 1 heterocycles. The minimum Gasteiger partial charge on any atom is -0.397 e. The molecule has 2 rings (SSSR count). The molecule has 0 unspecified atom stereocenters. The number of hydrogen-bond donors (Lipinski definition) is 3. The highest BCUT2D eigenvalue weighted by Gasteiger charge is 2.10. The summed E-state index contributed by atoms with van der Waals surface area (Å²) in [7, 11) is 0. The first kappa shape index (κ1) is 14.0. The second kappa shape index (κ2) is 6.68. The number of anilines is 2. The van der Waals surface area contributed by atoms with Crippen molar-refractivity contribution in [2.24, 2.45) is 0 Å². The van der Waals surface area contributed by atoms with Gasteiger partial charge in [-0.3, -0.25) is 4.79 Å². The summed E-state index contributed by atoms with van der Waals surface area (Å²) >= 11 is 0. The fourth-order valence-electron chi connectivity index (χ4n) is 1.89. The van der Waals surface area contributed by atoms with E-state index in [2.05, 4.69) is 10.3 Å². The first-order valence-electron chi connectivity index (χ1n) is 6.42. The lowest BCUT2D eigenvalue weighted by atomic mass is 10.1. The van der Waals surface area contributed by atoms with Gasteiger partial charge in [0.25, 0.3) is 5.91 Å². The van der Waals surface area contributed by atoms with E-state index in [-0.39, 0.29) is 18.2 Å². The standard InChI is InChI=1S/C15H17N3O2/c16-13-7-2-8-17-14(13)15(20)18-12-6-1-4-11(10-12)5-3-9-19/h1-2,4,6-8,10,19H,3,5,9,16H2,(H,18,20). The topological polar surface area (TPSA) is 88.2 Å². The Morgan fingerprint density at radius 3 is 2.90 bits per heavy atom. The molecule has 5 nitrogen and oxygen atoms in total. The summed E-state index contributed by atoms with van der Waals surface area (Å²) in [5.74, 6) is -0.331. The SMILES string of the molecule is Nc1cccnc1C(=O)Nc1cccc(CCCO)c1. The molecule has 0 atom stereocenters. The number of aromatic nitrogens is 1. The number of aryl methyl sites for hydroxylation is 1. The van der Waals surface area contributed by atoms with Gasteiger partial charge >= 0.3 is 0 Å². The van der Waals surface area contributed by atoms with Crippen LogP contribution in [0, 0.1) is 0 Å². The Bertz CT molecular complexity index is 599. The van der Waals surface area contributed by atoms with E-state index < -0.39 is 0 Å². The van der Waals surface area contributed by atoms with Crippen molar-refractivity contribution in [1.82, 2.24) is 4.98 Å². The monoisotopic (exact) mass is 271 g/mol. The zero-order valence-corrected chi connectivity index (χ0v) is 11.0. The van der Waals surface area contributed by atoms with Crippen LogP contribution in [0.1, 0.15) is 22.5 Å². The molecule has 1 aromatic carbocycles. The summed E-state index contributed by atoms with van der Waals surface area (Å²) in [6, 6.07) is 10.8. The van der Waals surface area contributed by atoms with Gasteiger partial charge in [0.1, 0.15) is 0 Å². The lowest BCUT2D eigenvalue weighted by Gasteiger charge is -2.08. The molecule has 0 aliphatic carbocycles. The molecule has 104 valence electrons. The van der Waals surface area contributed by atoms with Gasteiger partial charge in [-0.2, -0.15) is 0 Å². The number of carbonyl (C=O) groups excluding carboxylic acids is 1. The Balaban J connectivity index is 2.10. The Kier molecular flexibility index (Phi) is 4.68. The zero-order chi connectivity index (χ0) is 14.4. The molecule has 0 aliphatic rings. The number of carbonyl (C=O) groups is 1. The van der Waals surface area contributed by atoms with Crippen LogP contribution in [0.25, 0.3) is 0 Å². The van der Waals surface area contributed by atoms with Crippen LogP contribution in [0.5, 0.6) is 0 Å². The number of nitrogen functional groups attached to an aromatic ring is 1. The van der Waals surface area contributed by atoms with Crippen molar-refractivity contribution < 1.29 is 9.90 Å². The molecule has 5 heteroatoms. The lowest BCUT2D eigenvalue weighted by Crippen LogP contribution is -2.15. The number of pyridine rings is 1. The van der Waals surface area contributed by atoms with E-state index in [4.69, 9.17) is 10.8 Å². The summed E-state index contributed by atoms with van der Waals surface area (Å²) in [5, 5.41) is 11.6. The summed E-state index contributed by atoms with van der Waals surface area (Å²) < 4.78 is 0. The van der Waals surface area contributed by atoms with Crippen LogP contribution < -0.4 is 11.1 Å². The first-order valence-corrected chi connectivity index (χ1v) is 6.42. The summed E-state index contributed by atoms with van der Waals surface area (Å²) in [5.41, 5.74) is 8.04. The van der Waals surface area contributed by atoms with Gasteiger partial charge in [0, 0.05) is 18.5 Å². The van der Waals surface area contributed by atoms with Crippen molar-refractivity contribution in [2.75, 3.05) is 17.7 Å². The zero-order valence-electron chi connectivity index (χ0n) is 11.0. The summed E-state index contributed by atoms with van der Waals surface area (Å²) in [6.45, 7) is 0.154. The molecule has 0 bridgehead atoms. The van der Waals surface area contributed by atoms with Crippen molar-refractivity contribution in [3.63, 3.8) is 0 Å². The molecule has 20 heavy (non-hydrogen) atoms. The fraction of sp³-hybridized carbons (Fsp3) is 0.200. The maximum absolute atomic E-state index is 12.1. The highest BCUT2D eigenvalue weighted by Crippen LogP contribution is 2.15. The molecule has 0 radical (unpaired) electrons. The third-order valence-corrected chi connectivity index (χ3v) is 2.86. The van der Waals surface area contributed by atoms with Gasteiger partial charge in [-0.05, 0) is 42.7 Å². The van der Waals surface area contributed by atoms with E-state index in [1.807, 2.05) is 18.2 Å². The molecule has 2 aromatic rings. The number of benzene rings is 1. The number of nitrogens with one attached hydrogen (secondary N) is 1. The van der Waals surface area contributed by atoms with E-state index >= 15 is 0 Å². The minimum atomic E-state index is -0.331. The van der Waals surface area contributed by atoms with Crippen molar-refractivity contribution in [2.45, 2.75) is 12.8 Å². The molecule has 0 aliphatic heterocycles. The summed E-state index contributed by atoms with van der Waals surface area (Å²) in [6.07, 6.45) is 3.00. The molecular weight excluding hydrogens is 254 g/mol. The largest absolute Gasteiger partial charge is 0.397 e. The normalized spacial score (nSPS) is 10.2. The molecule has 0 fully saturated rings. The van der Waals surface area contributed by atoms with Gasteiger partial charge < -0.3 is 16.2 Å². The third kappa shape index (κ3) is 3.55. The van der Waals surface area contributed by atoms with Crippen molar-refractivity contribution in [3.05, 3.63) is 53.9 Å². The molecule has 0 saturated carbocycles. The fourth-order valence-corrected chi connectivity index (χ4v) is 1.89. The third-order valence-electron chi connectivity index (χ3n) is 2.86. The average molecular weight is 271 g/mol. The van der Waals surface area contributed by atoms with Crippen LogP contribution >= 0.6 is 0 Å². The van der Waals surface area contributed by atoms with Crippen LogP contribution in [-0.2, 0) is 6.42 Å². The van der Waals surface area contributed by atoms with Crippen LogP contribution in [0.15, 0.2) is 42.6 Å². The smallest absolute Gasteiger partial charge is 0.276 e. The molecule has 4 N–H and O–H groups in total. The number of nitrogens with zero attached hydrogens (tertiary/aromatic N) is 1. The Morgan fingerprint density at radius 1 is 1.30 bits per heavy atom. The predicted molar refractivity (Wildman–Crippen MR) is 78.5 cm³/mol. The Morgan fingerprint density at radius 2 is 2.15 bits per heavy atom. The molecule has 1 aromatic heterocycles. The number of nitrogens with two attached hydrogens (primary N) is 1. The van der Waals surface area contributed by atoms with Crippen molar-refractivity contribution in [3.8, 4) is 0 Å². The number of rotatable bonds is 5. The second-order valence-corrected chi connectivity index (χ2v) is 4.42. The van der Waals surface area contributed by atoms with E-state index in [9.17, 15) is 4.79 Å². The number of hydrogen-bond acceptors (Lipinski definition) is 4. The molecule has 1 amide bonds. The number of aliphatic hydroxyl groups is 1. The predicted octanol–water partition coefficient (Wildman–Crippen LogP) is 1.84. The minimum absolute atomic E-state index is 0.154. The first-order chi connectivity index (χ1) is 9.70. The Hall–Kier alpha value is -2.40. The summed E-state index contributed by atoms with van der Waals surface area (Å²) in [4.78, 5) is 16.0. The maximum Gasteiger partial charge on any atom is 0.276 e. The van der Waals surface area contributed by atoms with E-state index in [0.29, 0.717) is 17.8 Å². The quantitative estimate of drug-likeness (QED) is 0.774. The van der Waals surface area contributed by atoms with Crippen LogP contribution in [0.3, 0.4) is 0 Å². The highest BCUT2D eigenvalue weighted by molar-refractivity contribution is 6.06. The van der Waals surface area contributed by atoms with Crippen LogP contribution in [-0.4, -0.2) is 22.6 Å². The van der Waals surface area contributed by atoms with Gasteiger partial charge in [0.15, 0.2) is 5.69 Å². The second-order valence-electron chi connectivity index (χ2n) is 4.42. The van der Waals surface area contributed by atoms with E-state index in [1.54, 1.807) is 18.2 Å². The lowest BCUT2D eigenvalue weighted by molar-refractivity contribution is 0.102. The van der Waals surface area contributed by atoms with Gasteiger partial charge in [0.05, 0.1) is 5.69 Å². The van der Waals surface area contributed by atoms with Crippen molar-refractivity contribution >= 4 is 17.3 Å². The van der Waals surface area contributed by atoms with E-state index in [0.717, 1.165) is 12.0 Å². The number of amides is 1. The number of aliphatic hydroxyl groups excluding tert-OH is 1. The molecule has 0 saturated heterocycles. The van der Waals surface area contributed by atoms with Gasteiger partial charge in [-0.25, -0.2) is 4.98 Å². The highest BCUT2D eigenvalue weighted by atomic mass is 16.2. The molecular formula is C15H17N3O2. The van der Waals surface area contributed by atoms with Crippen LogP contribution in [0.2, 0.25) is 0 Å². The van der Waals surface area contributed by atoms with Crippen LogP contribution in [0.4, 0.5) is 11.4 Å². The maximum atomic E-state index is 12.1. The molecule has 0 spiro atoms. The van der Waals surface area contributed by atoms with Gasteiger partial charge in [-0.1, -0.05) is 12.1 Å². The Labute approximate surface area is 117 Å². The van der Waals surface area contributed by atoms with Gasteiger partial charge in [0.2, 0.25) is 0 Å². The van der Waals surface area contributed by atoms with Gasteiger partial charge in [-0.15, -0.1) is 0 Å². The average Bonchev–Trinajstić information content (AvgIpc) is 2.46. The van der Waals surface area contributed by atoms with E-state index in [1.165, 1.54) is 6.20 Å². The van der Waals surface area contributed by atoms with Crippen molar-refractivity contribution in [1.29, 1.82) is 0 Å².